The van der Waals surface area contributed by atoms with Crippen LogP contribution in [-0.4, -0.2) is 6.61 Å². The molecule has 4 aromatic carbocycles. The number of hydrogen-bond donors (Lipinski definition) is 2. The van der Waals surface area contributed by atoms with Crippen LogP contribution < -0.4 is 20.9 Å². The van der Waals surface area contributed by atoms with Crippen molar-refractivity contribution in [3.8, 4) is 11.5 Å². The zero-order valence-corrected chi connectivity index (χ0v) is 17.3. The summed E-state index contributed by atoms with van der Waals surface area (Å²) in [5.74, 6) is 1.52. The molecule has 4 nitrogen and oxygen atoms in total. The molecular formula is C27H26N2O2. The van der Waals surface area contributed by atoms with Crippen molar-refractivity contribution >= 4 is 11.4 Å². The van der Waals surface area contributed by atoms with Crippen molar-refractivity contribution in [1.29, 1.82) is 0 Å². The highest BCUT2D eigenvalue weighted by Crippen LogP contribution is 2.38. The third kappa shape index (κ3) is 4.81. The highest BCUT2D eigenvalue weighted by molar-refractivity contribution is 5.44. The molecule has 0 unspecified atom stereocenters. The van der Waals surface area contributed by atoms with E-state index in [1.807, 2.05) is 84.9 Å². The molecule has 0 aliphatic carbocycles. The lowest BCUT2D eigenvalue weighted by atomic mass is 9.83. The van der Waals surface area contributed by atoms with Gasteiger partial charge in [0.15, 0.2) is 5.60 Å². The Balaban J connectivity index is 1.71. The number of ether oxygens (including phenoxy) is 2. The molecule has 0 atom stereocenters. The predicted molar refractivity (Wildman–Crippen MR) is 126 cm³/mol. The number of nitrogens with two attached hydrogens (primary N) is 2. The first-order chi connectivity index (χ1) is 15.2. The van der Waals surface area contributed by atoms with E-state index in [0.717, 1.165) is 22.6 Å². The van der Waals surface area contributed by atoms with E-state index >= 15 is 0 Å². The highest BCUT2D eigenvalue weighted by Gasteiger charge is 2.37. The molecule has 0 aliphatic heterocycles. The Morgan fingerprint density at radius 1 is 0.548 bits per heavy atom. The molecule has 4 heteroatoms. The molecule has 0 saturated heterocycles. The van der Waals surface area contributed by atoms with Gasteiger partial charge in [0.05, 0.1) is 6.61 Å². The van der Waals surface area contributed by atoms with E-state index in [1.165, 1.54) is 0 Å². The smallest absolute Gasteiger partial charge is 0.162 e. The molecule has 4 aromatic rings. The van der Waals surface area contributed by atoms with Crippen molar-refractivity contribution < 1.29 is 9.47 Å². The lowest BCUT2D eigenvalue weighted by molar-refractivity contribution is 0.0811. The van der Waals surface area contributed by atoms with Crippen molar-refractivity contribution in [2.24, 2.45) is 0 Å². The second-order valence-electron chi connectivity index (χ2n) is 7.40. The van der Waals surface area contributed by atoms with E-state index in [4.69, 9.17) is 20.9 Å². The summed E-state index contributed by atoms with van der Waals surface area (Å²) in [6.07, 6.45) is 0.607. The molecule has 0 radical (unpaired) electrons. The van der Waals surface area contributed by atoms with Gasteiger partial charge in [-0.1, -0.05) is 60.7 Å². The Kier molecular flexibility index (Phi) is 6.08. The Morgan fingerprint density at radius 2 is 1.00 bits per heavy atom. The number of rotatable bonds is 8. The second kappa shape index (κ2) is 9.26. The zero-order valence-electron chi connectivity index (χ0n) is 17.3. The Hall–Kier alpha value is -3.92. The topological polar surface area (TPSA) is 70.5 Å². The minimum Gasteiger partial charge on any atom is -0.493 e. The molecule has 0 aromatic heterocycles. The van der Waals surface area contributed by atoms with Crippen LogP contribution in [-0.2, 0) is 5.60 Å². The Bertz CT molecular complexity index is 1040. The van der Waals surface area contributed by atoms with Gasteiger partial charge in [-0.15, -0.1) is 0 Å². The summed E-state index contributed by atoms with van der Waals surface area (Å²) in [5, 5.41) is 0. The number of hydrogen-bond acceptors (Lipinski definition) is 4. The molecule has 0 aliphatic rings. The van der Waals surface area contributed by atoms with Gasteiger partial charge in [0.1, 0.15) is 11.5 Å². The third-order valence-corrected chi connectivity index (χ3v) is 5.26. The molecule has 0 bridgehead atoms. The van der Waals surface area contributed by atoms with Crippen molar-refractivity contribution in [3.05, 3.63) is 120 Å². The van der Waals surface area contributed by atoms with E-state index in [1.54, 1.807) is 0 Å². The summed E-state index contributed by atoms with van der Waals surface area (Å²) in [7, 11) is 0. The summed E-state index contributed by atoms with van der Waals surface area (Å²) in [6.45, 7) is 0.461. The van der Waals surface area contributed by atoms with E-state index in [0.29, 0.717) is 24.4 Å². The molecule has 4 rings (SSSR count). The van der Waals surface area contributed by atoms with Crippen LogP contribution in [0.15, 0.2) is 109 Å². The van der Waals surface area contributed by atoms with E-state index in [2.05, 4.69) is 24.3 Å². The van der Waals surface area contributed by atoms with Gasteiger partial charge in [0.2, 0.25) is 0 Å². The molecule has 0 heterocycles. The van der Waals surface area contributed by atoms with Crippen LogP contribution in [0.1, 0.15) is 17.5 Å². The van der Waals surface area contributed by atoms with Crippen LogP contribution >= 0.6 is 0 Å². The van der Waals surface area contributed by atoms with Gasteiger partial charge >= 0.3 is 0 Å². The van der Waals surface area contributed by atoms with Gasteiger partial charge in [0, 0.05) is 28.9 Å². The lowest BCUT2D eigenvalue weighted by Crippen LogP contribution is -2.36. The second-order valence-corrected chi connectivity index (χ2v) is 7.40. The fourth-order valence-corrected chi connectivity index (χ4v) is 3.65. The van der Waals surface area contributed by atoms with E-state index in [-0.39, 0.29) is 0 Å². The maximum atomic E-state index is 6.73. The number of nitrogen functional groups attached to an aromatic ring is 2. The van der Waals surface area contributed by atoms with Crippen LogP contribution in [0.2, 0.25) is 0 Å². The average molecular weight is 411 g/mol. The minimum absolute atomic E-state index is 0.461. The molecule has 0 fully saturated rings. The van der Waals surface area contributed by atoms with E-state index in [9.17, 15) is 0 Å². The third-order valence-electron chi connectivity index (χ3n) is 5.26. The number of benzene rings is 4. The standard InChI is InChI=1S/C27H26N2O2/c28-23-11-15-25(16-12-23)30-20-19-27(21-7-3-1-4-8-21,22-9-5-2-6-10-22)31-26-17-13-24(29)14-18-26/h1-18H,19-20,28-29H2. The van der Waals surface area contributed by atoms with Gasteiger partial charge in [0.25, 0.3) is 0 Å². The Morgan fingerprint density at radius 3 is 1.48 bits per heavy atom. The summed E-state index contributed by atoms with van der Waals surface area (Å²) < 4.78 is 12.8. The van der Waals surface area contributed by atoms with Gasteiger partial charge in [-0.05, 0) is 48.5 Å². The molecular weight excluding hydrogens is 384 g/mol. The van der Waals surface area contributed by atoms with Crippen molar-refractivity contribution in [1.82, 2.24) is 0 Å². The predicted octanol–water partition coefficient (Wildman–Crippen LogP) is 5.64. The molecule has 0 spiro atoms. The summed E-state index contributed by atoms with van der Waals surface area (Å²) in [6, 6.07) is 35.4. The fourth-order valence-electron chi connectivity index (χ4n) is 3.65. The first kappa shape index (κ1) is 20.4. The summed E-state index contributed by atoms with van der Waals surface area (Å²) in [5.41, 5.74) is 14.5. The maximum absolute atomic E-state index is 6.73. The quantitative estimate of drug-likeness (QED) is 0.369. The van der Waals surface area contributed by atoms with Gasteiger partial charge in [-0.2, -0.15) is 0 Å². The zero-order chi connectivity index (χ0) is 21.5. The number of anilines is 2. The van der Waals surface area contributed by atoms with Gasteiger partial charge in [-0.25, -0.2) is 0 Å². The maximum Gasteiger partial charge on any atom is 0.162 e. The molecule has 156 valence electrons. The average Bonchev–Trinajstić information content (AvgIpc) is 2.82. The van der Waals surface area contributed by atoms with Crippen LogP contribution in [0.3, 0.4) is 0 Å². The normalized spacial score (nSPS) is 11.1. The fraction of sp³-hybridized carbons (Fsp3) is 0.111. The highest BCUT2D eigenvalue weighted by atomic mass is 16.5. The molecule has 0 amide bonds. The first-order valence-corrected chi connectivity index (χ1v) is 10.3. The van der Waals surface area contributed by atoms with Crippen LogP contribution in [0.25, 0.3) is 0 Å². The van der Waals surface area contributed by atoms with Crippen LogP contribution in [0, 0.1) is 0 Å². The molecule has 0 saturated carbocycles. The first-order valence-electron chi connectivity index (χ1n) is 10.3. The summed E-state index contributed by atoms with van der Waals surface area (Å²) in [4.78, 5) is 0. The minimum atomic E-state index is -0.730. The lowest BCUT2D eigenvalue weighted by Gasteiger charge is -2.36. The van der Waals surface area contributed by atoms with Crippen molar-refractivity contribution in [3.63, 3.8) is 0 Å². The van der Waals surface area contributed by atoms with Crippen molar-refractivity contribution in [2.75, 3.05) is 18.1 Å². The van der Waals surface area contributed by atoms with E-state index < -0.39 is 5.60 Å². The van der Waals surface area contributed by atoms with Crippen molar-refractivity contribution in [2.45, 2.75) is 12.0 Å². The monoisotopic (exact) mass is 410 g/mol. The van der Waals surface area contributed by atoms with Crippen LogP contribution in [0.5, 0.6) is 11.5 Å². The van der Waals surface area contributed by atoms with Gasteiger partial charge in [-0.3, -0.25) is 0 Å². The molecule has 4 N–H and O–H groups in total. The largest absolute Gasteiger partial charge is 0.493 e. The van der Waals surface area contributed by atoms with Crippen LogP contribution in [0.4, 0.5) is 11.4 Å². The SMILES string of the molecule is Nc1ccc(OCCC(Oc2ccc(N)cc2)(c2ccccc2)c2ccccc2)cc1. The van der Waals surface area contributed by atoms with Gasteiger partial charge < -0.3 is 20.9 Å². The summed E-state index contributed by atoms with van der Waals surface area (Å²) >= 11 is 0. The Labute approximate surface area is 183 Å². The molecule has 31 heavy (non-hydrogen) atoms.